The van der Waals surface area contributed by atoms with Crippen molar-refractivity contribution in [3.8, 4) is 0 Å². The Kier molecular flexibility index (Phi) is 4.36. The normalized spacial score (nSPS) is 19.8. The molecule has 2 atom stereocenters. The van der Waals surface area contributed by atoms with Crippen molar-refractivity contribution in [3.63, 3.8) is 0 Å². The second-order valence-corrected chi connectivity index (χ2v) is 7.89. The van der Waals surface area contributed by atoms with Crippen LogP contribution in [0.2, 0.25) is 5.02 Å². The first-order valence-corrected chi connectivity index (χ1v) is 10.1. The third-order valence-electron chi connectivity index (χ3n) is 5.81. The lowest BCUT2D eigenvalue weighted by Crippen LogP contribution is -2.49. The van der Waals surface area contributed by atoms with Gasteiger partial charge in [0.05, 0.1) is 12.0 Å². The maximum atomic E-state index is 13.5. The van der Waals surface area contributed by atoms with Crippen molar-refractivity contribution in [3.05, 3.63) is 100 Å². The highest BCUT2D eigenvalue weighted by Gasteiger charge is 2.46. The summed E-state index contributed by atoms with van der Waals surface area (Å²) in [4.78, 5) is 28.6. The number of amides is 2. The second-order valence-electron chi connectivity index (χ2n) is 7.46. The van der Waals surface area contributed by atoms with Gasteiger partial charge in [0.1, 0.15) is 0 Å². The highest BCUT2D eigenvalue weighted by Crippen LogP contribution is 2.46. The zero-order chi connectivity index (χ0) is 20.0. The number of fused-ring (bicyclic) bond motifs is 4. The van der Waals surface area contributed by atoms with Crippen molar-refractivity contribution in [1.29, 1.82) is 0 Å². The molecule has 0 unspecified atom stereocenters. The quantitative estimate of drug-likeness (QED) is 0.668. The number of anilines is 1. The lowest BCUT2D eigenvalue weighted by molar-refractivity contribution is -0.119. The van der Waals surface area contributed by atoms with Crippen LogP contribution in [0.25, 0.3) is 0 Å². The van der Waals surface area contributed by atoms with Gasteiger partial charge in [0, 0.05) is 22.8 Å². The summed E-state index contributed by atoms with van der Waals surface area (Å²) in [5.41, 5.74) is 4.27. The molecule has 0 spiro atoms. The summed E-state index contributed by atoms with van der Waals surface area (Å²) in [6, 6.07) is 22.3. The maximum absolute atomic E-state index is 13.5. The minimum absolute atomic E-state index is 0.00749. The number of carbonyl (C=O) groups excluding carboxylic acids is 2. The summed E-state index contributed by atoms with van der Waals surface area (Å²) in [7, 11) is 0. The van der Waals surface area contributed by atoms with Gasteiger partial charge in [-0.2, -0.15) is 0 Å². The molecule has 0 saturated carbocycles. The Balaban J connectivity index is 1.63. The van der Waals surface area contributed by atoms with E-state index in [1.165, 1.54) is 5.56 Å². The molecule has 3 aromatic rings. The Hall–Kier alpha value is -3.11. The molecule has 2 heterocycles. The Morgan fingerprint density at radius 1 is 0.966 bits per heavy atom. The van der Waals surface area contributed by atoms with Crippen LogP contribution in [0.3, 0.4) is 0 Å². The smallest absolute Gasteiger partial charge is 0.254 e. The topological polar surface area (TPSA) is 49.4 Å². The molecular formula is C24H19ClN2O2. The van der Waals surface area contributed by atoms with Crippen molar-refractivity contribution in [2.75, 3.05) is 11.9 Å². The van der Waals surface area contributed by atoms with E-state index in [1.54, 1.807) is 18.2 Å². The van der Waals surface area contributed by atoms with E-state index in [9.17, 15) is 9.59 Å². The molecule has 1 N–H and O–H groups in total. The zero-order valence-electron chi connectivity index (χ0n) is 15.6. The van der Waals surface area contributed by atoms with Crippen molar-refractivity contribution >= 4 is 29.1 Å². The van der Waals surface area contributed by atoms with Gasteiger partial charge in [0.2, 0.25) is 5.91 Å². The lowest BCUT2D eigenvalue weighted by Gasteiger charge is -2.45. The molecular weight excluding hydrogens is 384 g/mol. The molecule has 0 radical (unpaired) electrons. The van der Waals surface area contributed by atoms with Gasteiger partial charge in [-0.15, -0.1) is 0 Å². The Bertz CT molecular complexity index is 1130. The molecule has 4 nitrogen and oxygen atoms in total. The fourth-order valence-corrected chi connectivity index (χ4v) is 4.73. The van der Waals surface area contributed by atoms with E-state index in [-0.39, 0.29) is 17.9 Å². The van der Waals surface area contributed by atoms with Gasteiger partial charge in [-0.25, -0.2) is 0 Å². The monoisotopic (exact) mass is 402 g/mol. The van der Waals surface area contributed by atoms with E-state index in [0.29, 0.717) is 22.8 Å². The van der Waals surface area contributed by atoms with E-state index in [1.807, 2.05) is 53.4 Å². The average molecular weight is 403 g/mol. The third-order valence-corrected chi connectivity index (χ3v) is 6.04. The minimum atomic E-state index is -0.496. The summed E-state index contributed by atoms with van der Waals surface area (Å²) in [5, 5.41) is 3.57. The number of rotatable bonds is 2. The van der Waals surface area contributed by atoms with Crippen LogP contribution in [-0.2, 0) is 11.2 Å². The summed E-state index contributed by atoms with van der Waals surface area (Å²) in [6.07, 6.45) is 0.795. The van der Waals surface area contributed by atoms with Crippen molar-refractivity contribution in [2.45, 2.75) is 18.4 Å². The van der Waals surface area contributed by atoms with E-state index in [4.69, 9.17) is 11.6 Å². The largest absolute Gasteiger partial charge is 0.330 e. The molecule has 3 aromatic carbocycles. The van der Waals surface area contributed by atoms with Crippen LogP contribution in [0.4, 0.5) is 5.69 Å². The Morgan fingerprint density at radius 3 is 2.55 bits per heavy atom. The van der Waals surface area contributed by atoms with Crippen LogP contribution in [0, 0.1) is 0 Å². The van der Waals surface area contributed by atoms with Crippen molar-refractivity contribution in [2.24, 2.45) is 0 Å². The SMILES string of the molecule is O=C(Nc1cccc(Cl)c1)[C@@H]1c2ccccc2C(=O)N2CCc3ccccc3[C@H]12. The number of hydrogen-bond donors (Lipinski definition) is 1. The van der Waals surface area contributed by atoms with Gasteiger partial charge in [-0.3, -0.25) is 9.59 Å². The van der Waals surface area contributed by atoms with Crippen LogP contribution < -0.4 is 5.32 Å². The highest BCUT2D eigenvalue weighted by atomic mass is 35.5. The molecule has 0 fully saturated rings. The van der Waals surface area contributed by atoms with Crippen LogP contribution in [-0.4, -0.2) is 23.3 Å². The summed E-state index contributed by atoms with van der Waals surface area (Å²) in [6.45, 7) is 0.607. The van der Waals surface area contributed by atoms with Crippen LogP contribution in [0.15, 0.2) is 72.8 Å². The lowest BCUT2D eigenvalue weighted by atomic mass is 9.76. The fraction of sp³-hybridized carbons (Fsp3) is 0.167. The van der Waals surface area contributed by atoms with Crippen molar-refractivity contribution in [1.82, 2.24) is 4.90 Å². The zero-order valence-corrected chi connectivity index (χ0v) is 16.4. The minimum Gasteiger partial charge on any atom is -0.330 e. The van der Waals surface area contributed by atoms with Gasteiger partial charge in [0.15, 0.2) is 0 Å². The first-order valence-electron chi connectivity index (χ1n) is 9.67. The molecule has 0 saturated heterocycles. The Labute approximate surface area is 174 Å². The fourth-order valence-electron chi connectivity index (χ4n) is 4.54. The highest BCUT2D eigenvalue weighted by molar-refractivity contribution is 6.30. The molecule has 0 bridgehead atoms. The Morgan fingerprint density at radius 2 is 1.72 bits per heavy atom. The number of nitrogens with one attached hydrogen (secondary N) is 1. The van der Waals surface area contributed by atoms with Crippen molar-refractivity contribution < 1.29 is 9.59 Å². The molecule has 29 heavy (non-hydrogen) atoms. The molecule has 5 heteroatoms. The molecule has 2 amide bonds. The second kappa shape index (κ2) is 7.05. The molecule has 0 aromatic heterocycles. The molecule has 2 aliphatic rings. The predicted molar refractivity (Wildman–Crippen MR) is 113 cm³/mol. The number of hydrogen-bond acceptors (Lipinski definition) is 2. The predicted octanol–water partition coefficient (Wildman–Crippen LogP) is 4.82. The van der Waals surface area contributed by atoms with Gasteiger partial charge in [0.25, 0.3) is 5.91 Å². The van der Waals surface area contributed by atoms with E-state index in [2.05, 4.69) is 11.4 Å². The van der Waals surface area contributed by atoms with Crippen LogP contribution in [0.5, 0.6) is 0 Å². The standard InChI is InChI=1S/C24H19ClN2O2/c25-16-7-5-8-17(14-16)26-23(28)21-19-10-3-4-11-20(19)24(29)27-13-12-15-6-1-2-9-18(15)22(21)27/h1-11,14,21-22H,12-13H2,(H,26,28)/t21-,22-/m1/s1. The van der Waals surface area contributed by atoms with Gasteiger partial charge >= 0.3 is 0 Å². The first kappa shape index (κ1) is 18.0. The summed E-state index contributed by atoms with van der Waals surface area (Å²) in [5.74, 6) is -0.643. The van der Waals surface area contributed by atoms with Gasteiger partial charge < -0.3 is 10.2 Å². The number of carbonyl (C=O) groups is 2. The van der Waals surface area contributed by atoms with Crippen LogP contribution >= 0.6 is 11.6 Å². The van der Waals surface area contributed by atoms with E-state index in [0.717, 1.165) is 17.5 Å². The van der Waals surface area contributed by atoms with Crippen LogP contribution in [0.1, 0.15) is 39.0 Å². The molecule has 5 rings (SSSR count). The summed E-state index contributed by atoms with van der Waals surface area (Å²) < 4.78 is 0. The molecule has 144 valence electrons. The van der Waals surface area contributed by atoms with Gasteiger partial charge in [-0.05, 0) is 47.4 Å². The van der Waals surface area contributed by atoms with Gasteiger partial charge in [-0.1, -0.05) is 60.1 Å². The summed E-state index contributed by atoms with van der Waals surface area (Å²) >= 11 is 6.09. The number of halogens is 1. The average Bonchev–Trinajstić information content (AvgIpc) is 2.74. The molecule has 0 aliphatic carbocycles. The third kappa shape index (κ3) is 3.00. The molecule has 2 aliphatic heterocycles. The van der Waals surface area contributed by atoms with E-state index < -0.39 is 5.92 Å². The number of nitrogens with zero attached hydrogens (tertiary/aromatic N) is 1. The maximum Gasteiger partial charge on any atom is 0.254 e. The van der Waals surface area contributed by atoms with E-state index >= 15 is 0 Å². The number of benzene rings is 3. The first-order chi connectivity index (χ1) is 14.1.